The summed E-state index contributed by atoms with van der Waals surface area (Å²) in [6, 6.07) is 15.4. The van der Waals surface area contributed by atoms with Crippen LogP contribution in [0.4, 0.5) is 0 Å². The first kappa shape index (κ1) is 10.4. The third-order valence-electron chi connectivity index (χ3n) is 2.59. The van der Waals surface area contributed by atoms with Gasteiger partial charge in [-0.25, -0.2) is 4.79 Å². The lowest BCUT2D eigenvalue weighted by Crippen LogP contribution is -1.97. The number of carboxylic acids is 1. The van der Waals surface area contributed by atoms with Gasteiger partial charge in [-0.15, -0.1) is 0 Å². The quantitative estimate of drug-likeness (QED) is 0.671. The molecular weight excluding hydrogens is 200 g/mol. The van der Waals surface area contributed by atoms with Gasteiger partial charge in [0, 0.05) is 0 Å². The van der Waals surface area contributed by atoms with E-state index in [2.05, 4.69) is 24.3 Å². The van der Waals surface area contributed by atoms with Gasteiger partial charge in [0.05, 0.1) is 5.56 Å². The van der Waals surface area contributed by atoms with Crippen LogP contribution in [0.5, 0.6) is 0 Å². The Morgan fingerprint density at radius 2 is 1.44 bits per heavy atom. The average molecular weight is 212 g/mol. The second kappa shape index (κ2) is 4.19. The maximum atomic E-state index is 10.4. The molecular formula is C14H12O2. The third kappa shape index (κ3) is 1.96. The molecule has 1 N–H and O–H groups in total. The molecule has 0 radical (unpaired) electrons. The largest absolute Gasteiger partial charge is 0.478 e. The highest BCUT2D eigenvalue weighted by Gasteiger charge is 2.04. The van der Waals surface area contributed by atoms with Crippen LogP contribution < -0.4 is 0 Å². The first-order valence-electron chi connectivity index (χ1n) is 5.08. The summed E-state index contributed by atoms with van der Waals surface area (Å²) in [6.07, 6.45) is 0. The fourth-order valence-corrected chi connectivity index (χ4v) is 1.48. The molecule has 0 atom stereocenters. The van der Waals surface area contributed by atoms with Gasteiger partial charge in [0.2, 0.25) is 0 Å². The van der Waals surface area contributed by atoms with Gasteiger partial charge >= 0.3 is 5.97 Å². The summed E-state index contributed by atoms with van der Waals surface area (Å²) in [5.74, 6) is -0.863. The zero-order chi connectivity index (χ0) is 11.5. The van der Waals surface area contributed by atoms with E-state index >= 15 is 0 Å². The number of aromatic carboxylic acids is 1. The van der Waals surface area contributed by atoms with Crippen LogP contribution in [0.2, 0.25) is 0 Å². The zero-order valence-electron chi connectivity index (χ0n) is 8.97. The van der Waals surface area contributed by atoms with Gasteiger partial charge in [0.1, 0.15) is 0 Å². The van der Waals surface area contributed by atoms with Crippen LogP contribution in [0.3, 0.4) is 0 Å². The third-order valence-corrected chi connectivity index (χ3v) is 2.59. The number of hydrogen-bond acceptors (Lipinski definition) is 1. The van der Waals surface area contributed by atoms with Crippen molar-refractivity contribution in [3.63, 3.8) is 0 Å². The molecule has 2 aliphatic rings. The SMILES string of the molecule is Cc1ccccc1C(=O)O.c1cc2ccc1-2. The molecule has 2 aliphatic carbocycles. The molecule has 0 bridgehead atoms. The van der Waals surface area contributed by atoms with Crippen molar-refractivity contribution in [3.8, 4) is 11.1 Å². The van der Waals surface area contributed by atoms with Gasteiger partial charge in [0.25, 0.3) is 0 Å². The van der Waals surface area contributed by atoms with E-state index < -0.39 is 5.97 Å². The fraction of sp³-hybridized carbons (Fsp3) is 0.0714. The smallest absolute Gasteiger partial charge is 0.335 e. The Balaban J connectivity index is 0.000000134. The van der Waals surface area contributed by atoms with E-state index in [1.807, 2.05) is 6.07 Å². The molecule has 0 amide bonds. The number of aryl methyl sites for hydroxylation is 1. The van der Waals surface area contributed by atoms with Gasteiger partial charge in [-0.2, -0.15) is 0 Å². The Labute approximate surface area is 94.2 Å². The van der Waals surface area contributed by atoms with E-state index in [9.17, 15) is 4.79 Å². The van der Waals surface area contributed by atoms with E-state index in [1.54, 1.807) is 25.1 Å². The molecule has 16 heavy (non-hydrogen) atoms. The van der Waals surface area contributed by atoms with Crippen LogP contribution >= 0.6 is 0 Å². The summed E-state index contributed by atoms with van der Waals surface area (Å²) >= 11 is 0. The number of carboxylic acid groups (broad SMARTS) is 1. The molecule has 0 unspecified atom stereocenters. The molecule has 0 heterocycles. The Morgan fingerprint density at radius 1 is 0.938 bits per heavy atom. The van der Waals surface area contributed by atoms with Gasteiger partial charge < -0.3 is 5.11 Å². The second-order valence-corrected chi connectivity index (χ2v) is 3.70. The summed E-state index contributed by atoms with van der Waals surface area (Å²) in [5.41, 5.74) is 4.03. The van der Waals surface area contributed by atoms with Crippen molar-refractivity contribution in [1.29, 1.82) is 0 Å². The lowest BCUT2D eigenvalue weighted by atomic mass is 9.95. The number of carbonyl (C=O) groups is 1. The van der Waals surface area contributed by atoms with Crippen LogP contribution in [0.1, 0.15) is 15.9 Å². The predicted molar refractivity (Wildman–Crippen MR) is 63.6 cm³/mol. The maximum Gasteiger partial charge on any atom is 0.335 e. The monoisotopic (exact) mass is 212 g/mol. The van der Waals surface area contributed by atoms with Crippen LogP contribution in [0.25, 0.3) is 11.1 Å². The lowest BCUT2D eigenvalue weighted by Gasteiger charge is -2.10. The van der Waals surface area contributed by atoms with Gasteiger partial charge in [-0.3, -0.25) is 0 Å². The van der Waals surface area contributed by atoms with Crippen molar-refractivity contribution in [2.75, 3.05) is 0 Å². The molecule has 0 aromatic heterocycles. The Kier molecular flexibility index (Phi) is 2.73. The average Bonchev–Trinajstić information content (AvgIpc) is 2.24. The molecule has 0 fully saturated rings. The topological polar surface area (TPSA) is 37.3 Å². The molecule has 0 aliphatic heterocycles. The van der Waals surface area contributed by atoms with Crippen molar-refractivity contribution in [3.05, 3.63) is 59.7 Å². The number of benzene rings is 2. The Morgan fingerprint density at radius 3 is 1.69 bits per heavy atom. The predicted octanol–water partition coefficient (Wildman–Crippen LogP) is 3.36. The Bertz CT molecular complexity index is 492. The zero-order valence-corrected chi connectivity index (χ0v) is 8.97. The summed E-state index contributed by atoms with van der Waals surface area (Å²) in [5, 5.41) is 8.57. The van der Waals surface area contributed by atoms with Crippen molar-refractivity contribution in [1.82, 2.24) is 0 Å². The summed E-state index contributed by atoms with van der Waals surface area (Å²) in [4.78, 5) is 10.4. The van der Waals surface area contributed by atoms with Crippen molar-refractivity contribution < 1.29 is 9.90 Å². The van der Waals surface area contributed by atoms with E-state index in [0.717, 1.165) is 5.56 Å². The lowest BCUT2D eigenvalue weighted by molar-refractivity contribution is 0.0696. The van der Waals surface area contributed by atoms with Gasteiger partial charge in [-0.05, 0) is 29.7 Å². The molecule has 1 aromatic rings. The van der Waals surface area contributed by atoms with Crippen LogP contribution in [-0.4, -0.2) is 11.1 Å². The maximum absolute atomic E-state index is 10.4. The molecule has 3 rings (SSSR count). The van der Waals surface area contributed by atoms with Crippen molar-refractivity contribution >= 4 is 5.97 Å². The molecule has 2 nitrogen and oxygen atoms in total. The van der Waals surface area contributed by atoms with Crippen LogP contribution in [0.15, 0.2) is 48.5 Å². The van der Waals surface area contributed by atoms with Gasteiger partial charge in [-0.1, -0.05) is 42.5 Å². The summed E-state index contributed by atoms with van der Waals surface area (Å²) < 4.78 is 0. The molecule has 0 saturated heterocycles. The number of fused-ring (bicyclic) bond motifs is 1. The first-order valence-corrected chi connectivity index (χ1v) is 5.08. The standard InChI is InChI=1S/C8H8O2.C6H4/c1-6-4-2-3-5-7(6)8(9)10;1-2-6-4-3-5(1)6/h2-5H,1H3,(H,9,10);1-4H. The highest BCUT2D eigenvalue weighted by atomic mass is 16.4. The van der Waals surface area contributed by atoms with Crippen LogP contribution in [-0.2, 0) is 0 Å². The molecule has 0 spiro atoms. The minimum Gasteiger partial charge on any atom is -0.478 e. The highest BCUT2D eigenvalue weighted by molar-refractivity contribution is 5.89. The van der Waals surface area contributed by atoms with E-state index in [0.29, 0.717) is 5.56 Å². The molecule has 0 saturated carbocycles. The van der Waals surface area contributed by atoms with E-state index in [1.165, 1.54) is 11.1 Å². The van der Waals surface area contributed by atoms with Crippen molar-refractivity contribution in [2.45, 2.75) is 6.92 Å². The second-order valence-electron chi connectivity index (χ2n) is 3.70. The van der Waals surface area contributed by atoms with E-state index in [-0.39, 0.29) is 0 Å². The fourth-order valence-electron chi connectivity index (χ4n) is 1.48. The van der Waals surface area contributed by atoms with Gasteiger partial charge in [0.15, 0.2) is 0 Å². The Hall–Kier alpha value is -2.09. The first-order chi connectivity index (χ1) is 7.68. The number of hydrogen-bond donors (Lipinski definition) is 1. The molecule has 80 valence electrons. The van der Waals surface area contributed by atoms with Crippen molar-refractivity contribution in [2.24, 2.45) is 0 Å². The summed E-state index contributed by atoms with van der Waals surface area (Å²) in [7, 11) is 0. The number of rotatable bonds is 1. The molecule has 1 aromatic carbocycles. The van der Waals surface area contributed by atoms with Crippen LogP contribution in [0, 0.1) is 6.92 Å². The molecule has 2 heteroatoms. The highest BCUT2D eigenvalue weighted by Crippen LogP contribution is 2.29. The summed E-state index contributed by atoms with van der Waals surface area (Å²) in [6.45, 7) is 1.78. The normalized spacial score (nSPS) is 10.1. The van der Waals surface area contributed by atoms with E-state index in [4.69, 9.17) is 5.11 Å². The minimum absolute atomic E-state index is 0.377. The minimum atomic E-state index is -0.863.